The van der Waals surface area contributed by atoms with E-state index in [9.17, 15) is 4.79 Å². The van der Waals surface area contributed by atoms with Gasteiger partial charge in [-0.1, -0.05) is 11.6 Å². The van der Waals surface area contributed by atoms with Crippen LogP contribution in [-0.2, 0) is 0 Å². The van der Waals surface area contributed by atoms with Gasteiger partial charge in [-0.2, -0.15) is 0 Å². The van der Waals surface area contributed by atoms with Gasteiger partial charge in [0.2, 0.25) is 0 Å². The minimum absolute atomic E-state index is 0.0539. The second kappa shape index (κ2) is 5.20. The Bertz CT molecular complexity index is 601. The van der Waals surface area contributed by atoms with Gasteiger partial charge in [-0.3, -0.25) is 4.98 Å². The van der Waals surface area contributed by atoms with E-state index in [1.165, 1.54) is 6.20 Å². The molecule has 0 saturated carbocycles. The molecule has 2 rings (SSSR count). The molecule has 94 valence electrons. The molecule has 5 nitrogen and oxygen atoms in total. The van der Waals surface area contributed by atoms with Gasteiger partial charge in [0.15, 0.2) is 0 Å². The number of aromatic carboxylic acids is 1. The van der Waals surface area contributed by atoms with Crippen molar-refractivity contribution in [1.29, 1.82) is 0 Å². The van der Waals surface area contributed by atoms with E-state index in [0.29, 0.717) is 21.6 Å². The standard InChI is InChI=1S/C12H11ClN2O3/c13-7-1-2-10-8(5-7)11(14-3-4-16)9(6-15-10)12(17)18/h1-2,5-6,16H,3-4H2,(H,14,15)(H,17,18). The zero-order chi connectivity index (χ0) is 13.1. The molecule has 0 radical (unpaired) electrons. The minimum Gasteiger partial charge on any atom is -0.478 e. The predicted molar refractivity (Wildman–Crippen MR) is 69.3 cm³/mol. The SMILES string of the molecule is O=C(O)c1cnc2ccc(Cl)cc2c1NCCO. The number of pyridine rings is 1. The molecule has 1 aromatic carbocycles. The van der Waals surface area contributed by atoms with E-state index in [2.05, 4.69) is 10.3 Å². The lowest BCUT2D eigenvalue weighted by molar-refractivity contribution is 0.0697. The molecule has 0 unspecified atom stereocenters. The molecule has 0 bridgehead atoms. The number of fused-ring (bicyclic) bond motifs is 1. The summed E-state index contributed by atoms with van der Waals surface area (Å²) in [6, 6.07) is 5.05. The highest BCUT2D eigenvalue weighted by Crippen LogP contribution is 2.28. The fraction of sp³-hybridized carbons (Fsp3) is 0.167. The van der Waals surface area contributed by atoms with Gasteiger partial charge in [0.1, 0.15) is 5.56 Å². The number of aliphatic hydroxyl groups is 1. The van der Waals surface area contributed by atoms with Crippen molar-refractivity contribution in [3.8, 4) is 0 Å². The Morgan fingerprint density at radius 2 is 2.22 bits per heavy atom. The van der Waals surface area contributed by atoms with Crippen LogP contribution in [0, 0.1) is 0 Å². The van der Waals surface area contributed by atoms with Gasteiger partial charge in [-0.25, -0.2) is 4.79 Å². The topological polar surface area (TPSA) is 82.5 Å². The second-order valence-electron chi connectivity index (χ2n) is 3.66. The fourth-order valence-electron chi connectivity index (χ4n) is 1.70. The number of rotatable bonds is 4. The molecule has 0 amide bonds. The van der Waals surface area contributed by atoms with Crippen LogP contribution in [-0.4, -0.2) is 34.3 Å². The molecule has 6 heteroatoms. The molecular weight excluding hydrogens is 256 g/mol. The molecule has 0 saturated heterocycles. The number of carboxylic acid groups (broad SMARTS) is 1. The molecule has 0 atom stereocenters. The number of benzene rings is 1. The van der Waals surface area contributed by atoms with Crippen molar-refractivity contribution in [2.45, 2.75) is 0 Å². The summed E-state index contributed by atoms with van der Waals surface area (Å²) in [6.07, 6.45) is 1.29. The van der Waals surface area contributed by atoms with Crippen LogP contribution in [0.1, 0.15) is 10.4 Å². The summed E-state index contributed by atoms with van der Waals surface area (Å²) in [5, 5.41) is 22.0. The summed E-state index contributed by atoms with van der Waals surface area (Å²) in [5.41, 5.74) is 1.12. The molecule has 3 N–H and O–H groups in total. The molecule has 1 heterocycles. The molecule has 0 fully saturated rings. The Morgan fingerprint density at radius 3 is 2.89 bits per heavy atom. The summed E-state index contributed by atoms with van der Waals surface area (Å²) >= 11 is 5.90. The molecule has 1 aromatic heterocycles. The first kappa shape index (κ1) is 12.6. The van der Waals surface area contributed by atoms with Gasteiger partial charge in [0.05, 0.1) is 17.8 Å². The number of hydrogen-bond acceptors (Lipinski definition) is 4. The van der Waals surface area contributed by atoms with E-state index in [1.54, 1.807) is 18.2 Å². The van der Waals surface area contributed by atoms with Crippen LogP contribution in [0.25, 0.3) is 10.9 Å². The maximum absolute atomic E-state index is 11.1. The number of halogens is 1. The molecule has 0 aliphatic rings. The summed E-state index contributed by atoms with van der Waals surface area (Å²) in [5.74, 6) is -1.08. The lowest BCUT2D eigenvalue weighted by Crippen LogP contribution is -2.11. The van der Waals surface area contributed by atoms with Crippen molar-refractivity contribution < 1.29 is 15.0 Å². The zero-order valence-electron chi connectivity index (χ0n) is 9.35. The van der Waals surface area contributed by atoms with Crippen LogP contribution in [0.2, 0.25) is 5.02 Å². The summed E-state index contributed by atoms with van der Waals surface area (Å²) in [6.45, 7) is 0.162. The van der Waals surface area contributed by atoms with Crippen LogP contribution in [0.5, 0.6) is 0 Å². The maximum Gasteiger partial charge on any atom is 0.339 e. The van der Waals surface area contributed by atoms with Crippen molar-refractivity contribution in [1.82, 2.24) is 4.98 Å². The Kier molecular flexibility index (Phi) is 3.64. The average Bonchev–Trinajstić information content (AvgIpc) is 2.35. The molecule has 2 aromatic rings. The van der Waals surface area contributed by atoms with E-state index >= 15 is 0 Å². The van der Waals surface area contributed by atoms with Crippen LogP contribution in [0.4, 0.5) is 5.69 Å². The lowest BCUT2D eigenvalue weighted by Gasteiger charge is -2.11. The first-order valence-corrected chi connectivity index (χ1v) is 5.67. The van der Waals surface area contributed by atoms with Crippen LogP contribution >= 0.6 is 11.6 Å². The van der Waals surface area contributed by atoms with Crippen molar-refractivity contribution in [3.63, 3.8) is 0 Å². The van der Waals surface area contributed by atoms with Gasteiger partial charge in [-0.15, -0.1) is 0 Å². The summed E-state index contributed by atoms with van der Waals surface area (Å²) < 4.78 is 0. The molecule has 0 aliphatic carbocycles. The van der Waals surface area contributed by atoms with Crippen molar-refractivity contribution in [2.75, 3.05) is 18.5 Å². The number of carboxylic acids is 1. The first-order chi connectivity index (χ1) is 8.63. The van der Waals surface area contributed by atoms with E-state index in [0.717, 1.165) is 0 Å². The number of nitrogens with one attached hydrogen (secondary N) is 1. The van der Waals surface area contributed by atoms with E-state index < -0.39 is 5.97 Å². The third kappa shape index (κ3) is 2.37. The number of carbonyl (C=O) groups is 1. The normalized spacial score (nSPS) is 10.6. The average molecular weight is 267 g/mol. The zero-order valence-corrected chi connectivity index (χ0v) is 10.1. The molecule has 18 heavy (non-hydrogen) atoms. The van der Waals surface area contributed by atoms with Gasteiger partial charge in [0.25, 0.3) is 0 Å². The predicted octanol–water partition coefficient (Wildman–Crippen LogP) is 1.99. The second-order valence-corrected chi connectivity index (χ2v) is 4.10. The molecular formula is C12H11ClN2O3. The summed E-state index contributed by atoms with van der Waals surface area (Å²) in [4.78, 5) is 15.2. The fourth-order valence-corrected chi connectivity index (χ4v) is 1.87. The number of aliphatic hydroxyl groups excluding tert-OH is 1. The number of aromatic nitrogens is 1. The van der Waals surface area contributed by atoms with Gasteiger partial charge < -0.3 is 15.5 Å². The lowest BCUT2D eigenvalue weighted by atomic mass is 10.1. The summed E-state index contributed by atoms with van der Waals surface area (Å²) in [7, 11) is 0. The number of anilines is 1. The Labute approximate surface area is 108 Å². The highest BCUT2D eigenvalue weighted by molar-refractivity contribution is 6.31. The highest BCUT2D eigenvalue weighted by Gasteiger charge is 2.14. The van der Waals surface area contributed by atoms with Gasteiger partial charge in [-0.05, 0) is 18.2 Å². The Morgan fingerprint density at radius 1 is 1.44 bits per heavy atom. The molecule has 0 spiro atoms. The number of nitrogens with zero attached hydrogens (tertiary/aromatic N) is 1. The van der Waals surface area contributed by atoms with Gasteiger partial charge in [0, 0.05) is 23.2 Å². The van der Waals surface area contributed by atoms with Crippen LogP contribution in [0.3, 0.4) is 0 Å². The Hall–Kier alpha value is -1.85. The molecule has 0 aliphatic heterocycles. The Balaban J connectivity index is 2.66. The number of hydrogen-bond donors (Lipinski definition) is 3. The largest absolute Gasteiger partial charge is 0.478 e. The van der Waals surface area contributed by atoms with Crippen LogP contribution < -0.4 is 5.32 Å². The third-order valence-corrected chi connectivity index (χ3v) is 2.71. The van der Waals surface area contributed by atoms with Gasteiger partial charge >= 0.3 is 5.97 Å². The monoisotopic (exact) mass is 266 g/mol. The third-order valence-electron chi connectivity index (χ3n) is 2.47. The van der Waals surface area contributed by atoms with Crippen LogP contribution in [0.15, 0.2) is 24.4 Å². The minimum atomic E-state index is -1.08. The van der Waals surface area contributed by atoms with Crippen molar-refractivity contribution in [2.24, 2.45) is 0 Å². The van der Waals surface area contributed by atoms with Crippen molar-refractivity contribution >= 4 is 34.2 Å². The quantitative estimate of drug-likeness (QED) is 0.788. The van der Waals surface area contributed by atoms with E-state index in [-0.39, 0.29) is 18.7 Å². The highest BCUT2D eigenvalue weighted by atomic mass is 35.5. The van der Waals surface area contributed by atoms with E-state index in [1.807, 2.05) is 0 Å². The smallest absolute Gasteiger partial charge is 0.339 e. The maximum atomic E-state index is 11.1. The van der Waals surface area contributed by atoms with Crippen molar-refractivity contribution in [3.05, 3.63) is 35.0 Å². The first-order valence-electron chi connectivity index (χ1n) is 5.30. The van der Waals surface area contributed by atoms with E-state index in [4.69, 9.17) is 21.8 Å².